The first kappa shape index (κ1) is 13.0. The van der Waals surface area contributed by atoms with E-state index in [1.54, 1.807) is 0 Å². The number of benzene rings is 1. The van der Waals surface area contributed by atoms with Gasteiger partial charge in [0.25, 0.3) is 0 Å². The number of hydrogen-bond donors (Lipinski definition) is 1. The van der Waals surface area contributed by atoms with E-state index in [2.05, 4.69) is 15.9 Å². The summed E-state index contributed by atoms with van der Waals surface area (Å²) < 4.78 is 11.8. The molecule has 0 radical (unpaired) electrons. The van der Waals surface area contributed by atoms with Crippen molar-refractivity contribution in [3.8, 4) is 0 Å². The first-order valence-corrected chi connectivity index (χ1v) is 6.72. The third-order valence-electron chi connectivity index (χ3n) is 2.84. The van der Waals surface area contributed by atoms with Crippen molar-refractivity contribution < 1.29 is 14.6 Å². The van der Waals surface area contributed by atoms with Crippen LogP contribution >= 0.6 is 15.9 Å². The minimum atomic E-state index is -0.472. The molecule has 0 bridgehead atoms. The van der Waals surface area contributed by atoms with Gasteiger partial charge < -0.3 is 14.6 Å². The summed E-state index contributed by atoms with van der Waals surface area (Å²) in [5.74, 6) is 0. The van der Waals surface area contributed by atoms with Crippen molar-refractivity contribution in [3.63, 3.8) is 0 Å². The van der Waals surface area contributed by atoms with Gasteiger partial charge in [-0.25, -0.2) is 0 Å². The maximum absolute atomic E-state index is 10.1. The fraction of sp³-hybridized carbons (Fsp3) is 0.538. The van der Waals surface area contributed by atoms with E-state index in [1.807, 2.05) is 24.3 Å². The molecule has 1 heterocycles. The van der Waals surface area contributed by atoms with E-state index in [1.165, 1.54) is 0 Å². The quantitative estimate of drug-likeness (QED) is 0.929. The van der Waals surface area contributed by atoms with Crippen LogP contribution in [0.5, 0.6) is 0 Å². The zero-order chi connectivity index (χ0) is 12.1. The summed E-state index contributed by atoms with van der Waals surface area (Å²) in [6.45, 7) is 1.52. The van der Waals surface area contributed by atoms with Gasteiger partial charge in [-0.3, -0.25) is 0 Å². The van der Waals surface area contributed by atoms with Gasteiger partial charge >= 0.3 is 0 Å². The lowest BCUT2D eigenvalue weighted by atomic mass is 10.0. The van der Waals surface area contributed by atoms with Crippen molar-refractivity contribution in [2.75, 3.05) is 13.2 Å². The largest absolute Gasteiger partial charge is 0.388 e. The molecule has 3 nitrogen and oxygen atoms in total. The molecule has 1 aromatic carbocycles. The van der Waals surface area contributed by atoms with E-state index >= 15 is 0 Å². The highest BCUT2D eigenvalue weighted by molar-refractivity contribution is 9.10. The summed E-state index contributed by atoms with van der Waals surface area (Å²) in [4.78, 5) is 0. The van der Waals surface area contributed by atoms with Gasteiger partial charge in [0, 0.05) is 10.9 Å². The summed E-state index contributed by atoms with van der Waals surface area (Å²) in [7, 11) is 0. The molecular weight excluding hydrogens is 284 g/mol. The molecule has 1 atom stereocenters. The van der Waals surface area contributed by atoms with Gasteiger partial charge in [0.1, 0.15) is 0 Å². The molecule has 4 heteroatoms. The zero-order valence-corrected chi connectivity index (χ0v) is 11.2. The van der Waals surface area contributed by atoms with Crippen molar-refractivity contribution in [1.82, 2.24) is 0 Å². The van der Waals surface area contributed by atoms with E-state index in [9.17, 15) is 5.11 Å². The molecule has 2 rings (SSSR count). The van der Waals surface area contributed by atoms with Gasteiger partial charge in [0.2, 0.25) is 0 Å². The summed E-state index contributed by atoms with van der Waals surface area (Å²) >= 11 is 3.44. The predicted octanol–water partition coefficient (Wildman–Crippen LogP) is 3.03. The topological polar surface area (TPSA) is 38.7 Å². The van der Waals surface area contributed by atoms with E-state index in [0.717, 1.165) is 36.1 Å². The SMILES string of the molecule is O[C@@H](CCC1OCCCO1)c1ccccc1Br. The predicted molar refractivity (Wildman–Crippen MR) is 68.6 cm³/mol. The lowest BCUT2D eigenvalue weighted by Gasteiger charge is -2.24. The van der Waals surface area contributed by atoms with Crippen LogP contribution < -0.4 is 0 Å². The van der Waals surface area contributed by atoms with Crippen LogP contribution in [0.1, 0.15) is 30.9 Å². The molecule has 0 saturated carbocycles. The minimum absolute atomic E-state index is 0.152. The molecule has 94 valence electrons. The zero-order valence-electron chi connectivity index (χ0n) is 9.64. The van der Waals surface area contributed by atoms with Gasteiger partial charge in [-0.15, -0.1) is 0 Å². The van der Waals surface area contributed by atoms with Crippen LogP contribution in [-0.2, 0) is 9.47 Å². The third kappa shape index (κ3) is 3.78. The first-order valence-electron chi connectivity index (χ1n) is 5.93. The van der Waals surface area contributed by atoms with Crippen LogP contribution in [0.25, 0.3) is 0 Å². The molecule has 1 aromatic rings. The monoisotopic (exact) mass is 300 g/mol. The van der Waals surface area contributed by atoms with Crippen LogP contribution in [0.4, 0.5) is 0 Å². The molecule has 0 spiro atoms. The lowest BCUT2D eigenvalue weighted by molar-refractivity contribution is -0.183. The molecule has 0 aromatic heterocycles. The average molecular weight is 301 g/mol. The van der Waals surface area contributed by atoms with Gasteiger partial charge in [-0.1, -0.05) is 34.1 Å². The molecule has 1 N–H and O–H groups in total. The highest BCUT2D eigenvalue weighted by Gasteiger charge is 2.17. The van der Waals surface area contributed by atoms with Crippen molar-refractivity contribution in [2.24, 2.45) is 0 Å². The van der Waals surface area contributed by atoms with E-state index in [-0.39, 0.29) is 6.29 Å². The molecular formula is C13H17BrO3. The normalized spacial score (nSPS) is 19.2. The van der Waals surface area contributed by atoms with Crippen molar-refractivity contribution in [3.05, 3.63) is 34.3 Å². The Balaban J connectivity index is 1.84. The number of halogens is 1. The second-order valence-electron chi connectivity index (χ2n) is 4.14. The fourth-order valence-electron chi connectivity index (χ4n) is 1.90. The maximum atomic E-state index is 10.1. The smallest absolute Gasteiger partial charge is 0.157 e. The van der Waals surface area contributed by atoms with Crippen LogP contribution in [0, 0.1) is 0 Å². The molecule has 1 fully saturated rings. The Bertz CT molecular complexity index is 350. The second kappa shape index (κ2) is 6.50. The molecule has 0 aliphatic carbocycles. The van der Waals surface area contributed by atoms with Gasteiger partial charge in [0.15, 0.2) is 6.29 Å². The Kier molecular flexibility index (Phi) is 4.98. The van der Waals surface area contributed by atoms with Crippen molar-refractivity contribution in [1.29, 1.82) is 0 Å². The average Bonchev–Trinajstić information content (AvgIpc) is 2.38. The van der Waals surface area contributed by atoms with Crippen LogP contribution in [-0.4, -0.2) is 24.6 Å². The first-order chi connectivity index (χ1) is 8.27. The van der Waals surface area contributed by atoms with E-state index < -0.39 is 6.10 Å². The standard InChI is InChI=1S/C13H17BrO3/c14-11-5-2-1-4-10(11)12(15)6-7-13-16-8-3-9-17-13/h1-2,4-5,12-13,15H,3,6-9H2/t12-/m0/s1. The second-order valence-corrected chi connectivity index (χ2v) is 4.99. The lowest BCUT2D eigenvalue weighted by Crippen LogP contribution is -2.25. The molecule has 0 unspecified atom stereocenters. The Morgan fingerprint density at radius 1 is 1.29 bits per heavy atom. The summed E-state index contributed by atoms with van der Waals surface area (Å²) in [5.41, 5.74) is 0.920. The summed E-state index contributed by atoms with van der Waals surface area (Å²) in [6, 6.07) is 7.73. The Morgan fingerprint density at radius 3 is 2.71 bits per heavy atom. The minimum Gasteiger partial charge on any atom is -0.388 e. The number of ether oxygens (including phenoxy) is 2. The number of rotatable bonds is 4. The highest BCUT2D eigenvalue weighted by atomic mass is 79.9. The van der Waals surface area contributed by atoms with Crippen molar-refractivity contribution >= 4 is 15.9 Å². The van der Waals surface area contributed by atoms with E-state index in [0.29, 0.717) is 6.42 Å². The van der Waals surface area contributed by atoms with Gasteiger partial charge in [-0.2, -0.15) is 0 Å². The van der Waals surface area contributed by atoms with Crippen LogP contribution in [0.3, 0.4) is 0 Å². The molecule has 17 heavy (non-hydrogen) atoms. The van der Waals surface area contributed by atoms with Crippen molar-refractivity contribution in [2.45, 2.75) is 31.7 Å². The third-order valence-corrected chi connectivity index (χ3v) is 3.56. The Hall–Kier alpha value is -0.420. The fourth-order valence-corrected chi connectivity index (χ4v) is 2.45. The Labute approximate surface area is 110 Å². The van der Waals surface area contributed by atoms with Crippen LogP contribution in [0.2, 0.25) is 0 Å². The number of aliphatic hydroxyl groups excluding tert-OH is 1. The maximum Gasteiger partial charge on any atom is 0.157 e. The van der Waals surface area contributed by atoms with Gasteiger partial charge in [0.05, 0.1) is 19.3 Å². The molecule has 1 saturated heterocycles. The summed E-state index contributed by atoms with van der Waals surface area (Å²) in [6.07, 6.45) is 1.71. The van der Waals surface area contributed by atoms with E-state index in [4.69, 9.17) is 9.47 Å². The van der Waals surface area contributed by atoms with Gasteiger partial charge in [-0.05, 0) is 24.5 Å². The molecule has 1 aliphatic heterocycles. The molecule has 1 aliphatic rings. The number of aliphatic hydroxyl groups is 1. The summed E-state index contributed by atoms with van der Waals surface area (Å²) in [5, 5.41) is 10.1. The Morgan fingerprint density at radius 2 is 2.00 bits per heavy atom. The number of hydrogen-bond acceptors (Lipinski definition) is 3. The molecule has 0 amide bonds. The highest BCUT2D eigenvalue weighted by Crippen LogP contribution is 2.27. The van der Waals surface area contributed by atoms with Crippen LogP contribution in [0.15, 0.2) is 28.7 Å².